The van der Waals surface area contributed by atoms with Crippen LogP contribution in [0.4, 0.5) is 0 Å². The molecule has 19 heavy (non-hydrogen) atoms. The van der Waals surface area contributed by atoms with Crippen LogP contribution in [-0.2, 0) is 6.54 Å². The van der Waals surface area contributed by atoms with Crippen LogP contribution in [0.2, 0.25) is 0 Å². The van der Waals surface area contributed by atoms with Crippen molar-refractivity contribution in [3.05, 3.63) is 17.0 Å². The predicted molar refractivity (Wildman–Crippen MR) is 80.4 cm³/mol. The first-order chi connectivity index (χ1) is 9.17. The lowest BCUT2D eigenvalue weighted by atomic mass is 9.84. The Morgan fingerprint density at radius 3 is 2.74 bits per heavy atom. The lowest BCUT2D eigenvalue weighted by molar-refractivity contribution is 0.244. The predicted octanol–water partition coefficient (Wildman–Crippen LogP) is 3.75. The zero-order valence-electron chi connectivity index (χ0n) is 13.0. The van der Waals surface area contributed by atoms with Crippen LogP contribution in [-0.4, -0.2) is 16.3 Å². The van der Waals surface area contributed by atoms with Gasteiger partial charge in [-0.15, -0.1) is 0 Å². The van der Waals surface area contributed by atoms with E-state index in [2.05, 4.69) is 37.7 Å². The molecule has 1 aliphatic carbocycles. The first-order valence-electron chi connectivity index (χ1n) is 7.92. The summed E-state index contributed by atoms with van der Waals surface area (Å²) < 4.78 is 2.32. The minimum Gasteiger partial charge on any atom is -0.313 e. The number of nitrogens with zero attached hydrogens (tertiary/aromatic N) is 2. The Balaban J connectivity index is 2.15. The smallest absolute Gasteiger partial charge is 0.0641 e. The van der Waals surface area contributed by atoms with Crippen LogP contribution in [0.3, 0.4) is 0 Å². The van der Waals surface area contributed by atoms with Crippen molar-refractivity contribution in [2.24, 2.45) is 5.92 Å². The van der Waals surface area contributed by atoms with Crippen LogP contribution >= 0.6 is 0 Å². The SMILES string of the molecule is CCNCc1c(C)nn(C2CCCC(CC)C2)c1C. The van der Waals surface area contributed by atoms with Crippen LogP contribution in [0, 0.1) is 19.8 Å². The highest BCUT2D eigenvalue weighted by molar-refractivity contribution is 5.24. The van der Waals surface area contributed by atoms with Crippen molar-refractivity contribution in [2.75, 3.05) is 6.54 Å². The van der Waals surface area contributed by atoms with E-state index in [1.807, 2.05) is 0 Å². The Labute approximate surface area is 117 Å². The summed E-state index contributed by atoms with van der Waals surface area (Å²) >= 11 is 0. The molecule has 0 amide bonds. The highest BCUT2D eigenvalue weighted by atomic mass is 15.3. The number of aryl methyl sites for hydroxylation is 1. The number of aromatic nitrogens is 2. The zero-order chi connectivity index (χ0) is 13.8. The third kappa shape index (κ3) is 3.19. The molecule has 0 spiro atoms. The topological polar surface area (TPSA) is 29.9 Å². The molecule has 1 aliphatic rings. The van der Waals surface area contributed by atoms with E-state index in [0.717, 1.165) is 19.0 Å². The van der Waals surface area contributed by atoms with Gasteiger partial charge >= 0.3 is 0 Å². The third-order valence-electron chi connectivity index (χ3n) is 4.70. The van der Waals surface area contributed by atoms with Gasteiger partial charge < -0.3 is 5.32 Å². The highest BCUT2D eigenvalue weighted by Crippen LogP contribution is 2.35. The molecule has 1 saturated carbocycles. The van der Waals surface area contributed by atoms with Crippen LogP contribution in [0.5, 0.6) is 0 Å². The maximum absolute atomic E-state index is 4.83. The monoisotopic (exact) mass is 263 g/mol. The van der Waals surface area contributed by atoms with E-state index in [1.165, 1.54) is 49.1 Å². The summed E-state index contributed by atoms with van der Waals surface area (Å²) in [6.07, 6.45) is 6.72. The van der Waals surface area contributed by atoms with E-state index >= 15 is 0 Å². The maximum Gasteiger partial charge on any atom is 0.0641 e. The molecular weight excluding hydrogens is 234 g/mol. The molecule has 108 valence electrons. The van der Waals surface area contributed by atoms with E-state index in [-0.39, 0.29) is 0 Å². The minimum absolute atomic E-state index is 0.632. The van der Waals surface area contributed by atoms with Gasteiger partial charge in [0, 0.05) is 17.8 Å². The second-order valence-corrected chi connectivity index (χ2v) is 5.97. The molecule has 0 saturated heterocycles. The minimum atomic E-state index is 0.632. The molecule has 2 atom stereocenters. The Bertz CT molecular complexity index is 408. The summed E-state index contributed by atoms with van der Waals surface area (Å²) in [7, 11) is 0. The van der Waals surface area contributed by atoms with Gasteiger partial charge in [0.05, 0.1) is 11.7 Å². The molecule has 3 nitrogen and oxygen atoms in total. The molecule has 0 bridgehead atoms. The Morgan fingerprint density at radius 1 is 1.26 bits per heavy atom. The fourth-order valence-electron chi connectivity index (χ4n) is 3.41. The van der Waals surface area contributed by atoms with E-state index in [9.17, 15) is 0 Å². The van der Waals surface area contributed by atoms with Gasteiger partial charge in [0.15, 0.2) is 0 Å². The number of nitrogens with one attached hydrogen (secondary N) is 1. The molecule has 1 fully saturated rings. The van der Waals surface area contributed by atoms with Crippen molar-refractivity contribution in [1.29, 1.82) is 0 Å². The lowest BCUT2D eigenvalue weighted by Crippen LogP contribution is -2.21. The largest absolute Gasteiger partial charge is 0.313 e. The van der Waals surface area contributed by atoms with Crippen LogP contribution in [0.1, 0.15) is 68.9 Å². The van der Waals surface area contributed by atoms with Gasteiger partial charge in [0.25, 0.3) is 0 Å². The number of hydrogen-bond acceptors (Lipinski definition) is 2. The van der Waals surface area contributed by atoms with E-state index < -0.39 is 0 Å². The lowest BCUT2D eigenvalue weighted by Gasteiger charge is -2.29. The van der Waals surface area contributed by atoms with Crippen molar-refractivity contribution in [3.63, 3.8) is 0 Å². The number of rotatable bonds is 5. The third-order valence-corrected chi connectivity index (χ3v) is 4.70. The van der Waals surface area contributed by atoms with Gasteiger partial charge in [-0.3, -0.25) is 4.68 Å². The molecule has 1 N–H and O–H groups in total. The molecule has 1 heterocycles. The van der Waals surface area contributed by atoms with Crippen LogP contribution in [0.15, 0.2) is 0 Å². The fraction of sp³-hybridized carbons (Fsp3) is 0.812. The van der Waals surface area contributed by atoms with Crippen molar-refractivity contribution in [3.8, 4) is 0 Å². The van der Waals surface area contributed by atoms with Gasteiger partial charge in [0.1, 0.15) is 0 Å². The average Bonchev–Trinajstić information content (AvgIpc) is 2.72. The van der Waals surface area contributed by atoms with Gasteiger partial charge in [-0.25, -0.2) is 0 Å². The Morgan fingerprint density at radius 2 is 2.05 bits per heavy atom. The first-order valence-corrected chi connectivity index (χ1v) is 7.92. The molecule has 0 aromatic carbocycles. The van der Waals surface area contributed by atoms with Crippen LogP contribution < -0.4 is 5.32 Å². The van der Waals surface area contributed by atoms with E-state index in [4.69, 9.17) is 5.10 Å². The Kier molecular flexibility index (Phi) is 5.03. The van der Waals surface area contributed by atoms with E-state index in [0.29, 0.717) is 6.04 Å². The highest BCUT2D eigenvalue weighted by Gasteiger charge is 2.25. The summed E-state index contributed by atoms with van der Waals surface area (Å²) in [6.45, 7) is 10.8. The zero-order valence-corrected chi connectivity index (χ0v) is 13.0. The van der Waals surface area contributed by atoms with Gasteiger partial charge in [-0.1, -0.05) is 33.1 Å². The second kappa shape index (κ2) is 6.56. The summed E-state index contributed by atoms with van der Waals surface area (Å²) in [4.78, 5) is 0. The molecule has 2 unspecified atom stereocenters. The van der Waals surface area contributed by atoms with Gasteiger partial charge in [0.2, 0.25) is 0 Å². The molecule has 2 rings (SSSR count). The quantitative estimate of drug-likeness (QED) is 0.877. The van der Waals surface area contributed by atoms with Crippen molar-refractivity contribution < 1.29 is 0 Å². The molecule has 0 aliphatic heterocycles. The maximum atomic E-state index is 4.83. The normalized spacial score (nSPS) is 23.8. The van der Waals surface area contributed by atoms with Gasteiger partial charge in [-0.2, -0.15) is 5.10 Å². The molecule has 3 heteroatoms. The standard InChI is InChI=1S/C16H29N3/c1-5-14-8-7-9-15(10-14)19-13(4)16(11-17-6-2)12(3)18-19/h14-15,17H,5-11H2,1-4H3. The second-order valence-electron chi connectivity index (χ2n) is 5.97. The Hall–Kier alpha value is -0.830. The summed E-state index contributed by atoms with van der Waals surface area (Å²) in [5, 5.41) is 8.26. The summed E-state index contributed by atoms with van der Waals surface area (Å²) in [5.74, 6) is 0.903. The average molecular weight is 263 g/mol. The van der Waals surface area contributed by atoms with E-state index in [1.54, 1.807) is 0 Å². The van der Waals surface area contributed by atoms with Crippen molar-refractivity contribution in [1.82, 2.24) is 15.1 Å². The molecule has 1 aromatic heterocycles. The van der Waals surface area contributed by atoms with Crippen molar-refractivity contribution >= 4 is 0 Å². The van der Waals surface area contributed by atoms with Gasteiger partial charge in [-0.05, 0) is 39.2 Å². The number of hydrogen-bond donors (Lipinski definition) is 1. The summed E-state index contributed by atoms with van der Waals surface area (Å²) in [5.41, 5.74) is 3.98. The molecular formula is C16H29N3. The fourth-order valence-corrected chi connectivity index (χ4v) is 3.41. The first kappa shape index (κ1) is 14.6. The molecule has 1 aromatic rings. The summed E-state index contributed by atoms with van der Waals surface area (Å²) in [6, 6.07) is 0.632. The van der Waals surface area contributed by atoms with Crippen LogP contribution in [0.25, 0.3) is 0 Å². The van der Waals surface area contributed by atoms with Crippen molar-refractivity contribution in [2.45, 2.75) is 72.4 Å². The molecule has 0 radical (unpaired) electrons.